The molecule has 0 aliphatic heterocycles. The van der Waals surface area contributed by atoms with E-state index in [2.05, 4.69) is 5.10 Å². The van der Waals surface area contributed by atoms with Crippen LogP contribution in [0.4, 0.5) is 0 Å². The number of carbonyl (C=O) groups is 1. The molecule has 0 radical (unpaired) electrons. The average molecular weight is 452 g/mol. The first-order valence-corrected chi connectivity index (χ1v) is 10.8. The highest BCUT2D eigenvalue weighted by Crippen LogP contribution is 2.31. The van der Waals surface area contributed by atoms with E-state index in [9.17, 15) is 9.59 Å². The van der Waals surface area contributed by atoms with Crippen LogP contribution in [0.25, 0.3) is 10.9 Å². The lowest BCUT2D eigenvalue weighted by Crippen LogP contribution is -2.32. The van der Waals surface area contributed by atoms with E-state index < -0.39 is 0 Å². The number of halogens is 1. The molecule has 2 heterocycles. The number of methoxy groups -OCH3 is 1. The number of hydrogen-bond donors (Lipinski definition) is 1. The first-order valence-electron chi connectivity index (χ1n) is 10.4. The van der Waals surface area contributed by atoms with Crippen molar-refractivity contribution >= 4 is 28.4 Å². The van der Waals surface area contributed by atoms with Crippen LogP contribution in [-0.2, 0) is 12.0 Å². The number of fused-ring (bicyclic) bond motifs is 1. The van der Waals surface area contributed by atoms with Gasteiger partial charge in [-0.2, -0.15) is 0 Å². The Bertz CT molecular complexity index is 1370. The Kier molecular flexibility index (Phi) is 5.51. The van der Waals surface area contributed by atoms with Gasteiger partial charge in [0.2, 0.25) is 0 Å². The first-order chi connectivity index (χ1) is 15.1. The molecule has 6 nitrogen and oxygen atoms in total. The molecule has 1 N–H and O–H groups in total. The summed E-state index contributed by atoms with van der Waals surface area (Å²) in [4.78, 5) is 25.9. The quantitative estimate of drug-likeness (QED) is 0.467. The molecule has 0 saturated carbocycles. The molecule has 32 heavy (non-hydrogen) atoms. The molecular weight excluding hydrogens is 426 g/mol. The highest BCUT2D eigenvalue weighted by Gasteiger charge is 2.22. The number of aromatic amines is 1. The summed E-state index contributed by atoms with van der Waals surface area (Å²) in [6, 6.07) is 14.1. The lowest BCUT2D eigenvalue weighted by atomic mass is 10.1. The zero-order valence-corrected chi connectivity index (χ0v) is 19.6. The predicted octanol–water partition coefficient (Wildman–Crippen LogP) is 5.14. The molecule has 0 fully saturated rings. The number of hydrogen-bond acceptors (Lipinski definition) is 3. The van der Waals surface area contributed by atoms with Gasteiger partial charge in [0.1, 0.15) is 5.75 Å². The van der Waals surface area contributed by atoms with Crippen molar-refractivity contribution in [2.24, 2.45) is 0 Å². The van der Waals surface area contributed by atoms with Gasteiger partial charge in [0.15, 0.2) is 0 Å². The van der Waals surface area contributed by atoms with Gasteiger partial charge in [0, 0.05) is 39.8 Å². The molecule has 0 bridgehead atoms. The van der Waals surface area contributed by atoms with Gasteiger partial charge in [-0.3, -0.25) is 19.3 Å². The maximum Gasteiger partial charge on any atom is 0.267 e. The van der Waals surface area contributed by atoms with Crippen LogP contribution in [0.2, 0.25) is 5.02 Å². The van der Waals surface area contributed by atoms with Gasteiger partial charge in [-0.15, -0.1) is 0 Å². The standard InChI is InChI=1S/C25H26ClN3O3/c1-15-20(12-18-13-23(30)29(27-18)25(2,3)4)21-14-19(32-5)10-11-22(21)28(15)24(31)16-6-8-17(26)9-7-16/h6-11,13-14,27H,12H2,1-5H3. The van der Waals surface area contributed by atoms with E-state index in [1.54, 1.807) is 46.7 Å². The van der Waals surface area contributed by atoms with E-state index in [1.807, 2.05) is 45.9 Å². The highest BCUT2D eigenvalue weighted by atomic mass is 35.5. The summed E-state index contributed by atoms with van der Waals surface area (Å²) in [5, 5.41) is 4.72. The van der Waals surface area contributed by atoms with Crippen molar-refractivity contribution in [3.05, 3.63) is 86.4 Å². The molecule has 0 amide bonds. The van der Waals surface area contributed by atoms with Gasteiger partial charge in [0.05, 0.1) is 18.2 Å². The van der Waals surface area contributed by atoms with Gasteiger partial charge >= 0.3 is 0 Å². The van der Waals surface area contributed by atoms with Crippen molar-refractivity contribution in [2.75, 3.05) is 7.11 Å². The number of rotatable bonds is 4. The second kappa shape index (κ2) is 8.02. The fraction of sp³-hybridized carbons (Fsp3) is 0.280. The van der Waals surface area contributed by atoms with E-state index in [0.717, 1.165) is 27.9 Å². The topological polar surface area (TPSA) is 69.0 Å². The van der Waals surface area contributed by atoms with Crippen LogP contribution >= 0.6 is 11.6 Å². The number of nitrogens with zero attached hydrogens (tertiary/aromatic N) is 2. The summed E-state index contributed by atoms with van der Waals surface area (Å²) < 4.78 is 8.77. The van der Waals surface area contributed by atoms with Gasteiger partial charge in [-0.05, 0) is 75.7 Å². The summed E-state index contributed by atoms with van der Waals surface area (Å²) in [7, 11) is 1.62. The molecule has 4 rings (SSSR count). The number of ether oxygens (including phenoxy) is 1. The van der Waals surface area contributed by atoms with Crippen molar-refractivity contribution in [3.8, 4) is 5.75 Å². The summed E-state index contributed by atoms with van der Waals surface area (Å²) >= 11 is 6.00. The minimum atomic E-state index is -0.355. The predicted molar refractivity (Wildman–Crippen MR) is 127 cm³/mol. The number of carbonyl (C=O) groups excluding carboxylic acids is 1. The smallest absolute Gasteiger partial charge is 0.267 e. The molecule has 2 aromatic carbocycles. The number of H-pyrrole nitrogens is 1. The summed E-state index contributed by atoms with van der Waals surface area (Å²) in [5.74, 6) is 0.567. The fourth-order valence-corrected chi connectivity index (χ4v) is 4.15. The molecule has 0 atom stereocenters. The van der Waals surface area contributed by atoms with E-state index in [0.29, 0.717) is 22.8 Å². The van der Waals surface area contributed by atoms with Gasteiger partial charge in [-0.25, -0.2) is 4.68 Å². The Balaban J connectivity index is 1.87. The highest BCUT2D eigenvalue weighted by molar-refractivity contribution is 6.30. The minimum absolute atomic E-state index is 0.0799. The fourth-order valence-electron chi connectivity index (χ4n) is 4.02. The lowest BCUT2D eigenvalue weighted by molar-refractivity contribution is 0.0963. The van der Waals surface area contributed by atoms with Gasteiger partial charge < -0.3 is 4.74 Å². The Morgan fingerprint density at radius 3 is 2.38 bits per heavy atom. The molecule has 166 valence electrons. The summed E-state index contributed by atoms with van der Waals surface area (Å²) in [6.07, 6.45) is 0.481. The third kappa shape index (κ3) is 3.86. The summed E-state index contributed by atoms with van der Waals surface area (Å²) in [5.41, 5.74) is 3.46. The Morgan fingerprint density at radius 2 is 1.78 bits per heavy atom. The monoisotopic (exact) mass is 451 g/mol. The van der Waals surface area contributed by atoms with Crippen LogP contribution in [-0.4, -0.2) is 27.4 Å². The molecule has 0 unspecified atom stereocenters. The van der Waals surface area contributed by atoms with Crippen LogP contribution < -0.4 is 10.3 Å². The maximum absolute atomic E-state index is 13.4. The molecule has 7 heteroatoms. The van der Waals surface area contributed by atoms with E-state index in [4.69, 9.17) is 16.3 Å². The van der Waals surface area contributed by atoms with Crippen LogP contribution in [0.15, 0.2) is 53.3 Å². The van der Waals surface area contributed by atoms with Crippen molar-refractivity contribution in [1.82, 2.24) is 14.3 Å². The van der Waals surface area contributed by atoms with E-state index in [1.165, 1.54) is 0 Å². The largest absolute Gasteiger partial charge is 0.497 e. The molecule has 0 spiro atoms. The van der Waals surface area contributed by atoms with Crippen molar-refractivity contribution in [1.29, 1.82) is 0 Å². The van der Waals surface area contributed by atoms with E-state index >= 15 is 0 Å². The SMILES string of the molecule is COc1ccc2c(c1)c(Cc1cc(=O)n(C(C)(C)C)[nH]1)c(C)n2C(=O)c1ccc(Cl)cc1. The van der Waals surface area contributed by atoms with Crippen LogP contribution in [0.5, 0.6) is 5.75 Å². The van der Waals surface area contributed by atoms with Crippen molar-refractivity contribution in [2.45, 2.75) is 39.7 Å². The Morgan fingerprint density at radius 1 is 1.09 bits per heavy atom. The van der Waals surface area contributed by atoms with Gasteiger partial charge in [0.25, 0.3) is 11.5 Å². The molecule has 0 saturated heterocycles. The van der Waals surface area contributed by atoms with Gasteiger partial charge in [-0.1, -0.05) is 11.6 Å². The lowest BCUT2D eigenvalue weighted by Gasteiger charge is -2.19. The zero-order chi connectivity index (χ0) is 23.2. The van der Waals surface area contributed by atoms with Crippen LogP contribution in [0, 0.1) is 6.92 Å². The van der Waals surface area contributed by atoms with Crippen molar-refractivity contribution < 1.29 is 9.53 Å². The average Bonchev–Trinajstić information content (AvgIpc) is 3.25. The minimum Gasteiger partial charge on any atom is -0.497 e. The second-order valence-electron chi connectivity index (χ2n) is 8.90. The summed E-state index contributed by atoms with van der Waals surface area (Å²) in [6.45, 7) is 7.85. The zero-order valence-electron chi connectivity index (χ0n) is 18.8. The third-order valence-electron chi connectivity index (χ3n) is 5.65. The normalized spacial score (nSPS) is 11.8. The Labute approximate surface area is 191 Å². The molecular formula is C25H26ClN3O3. The van der Waals surface area contributed by atoms with Crippen molar-refractivity contribution in [3.63, 3.8) is 0 Å². The maximum atomic E-state index is 13.4. The van der Waals surface area contributed by atoms with E-state index in [-0.39, 0.29) is 17.0 Å². The molecule has 4 aromatic rings. The number of benzene rings is 2. The molecule has 2 aromatic heterocycles. The van der Waals surface area contributed by atoms with Crippen LogP contribution in [0.3, 0.4) is 0 Å². The molecule has 0 aliphatic rings. The third-order valence-corrected chi connectivity index (χ3v) is 5.90. The Hall–Kier alpha value is -3.25. The first kappa shape index (κ1) is 22.0. The number of aromatic nitrogens is 3. The second-order valence-corrected chi connectivity index (χ2v) is 9.33. The van der Waals surface area contributed by atoms with Crippen LogP contribution in [0.1, 0.15) is 48.1 Å². The number of nitrogens with one attached hydrogen (secondary N) is 1. The molecule has 0 aliphatic carbocycles.